The van der Waals surface area contributed by atoms with Gasteiger partial charge in [0.15, 0.2) is 0 Å². The summed E-state index contributed by atoms with van der Waals surface area (Å²) in [5.74, 6) is 0.0772. The summed E-state index contributed by atoms with van der Waals surface area (Å²) in [6, 6.07) is 18.5. The van der Waals surface area contributed by atoms with E-state index in [1.165, 1.54) is 5.56 Å². The first kappa shape index (κ1) is 18.6. The van der Waals surface area contributed by atoms with Crippen LogP contribution in [0.4, 0.5) is 5.69 Å². The number of hydrogen-bond donors (Lipinski definition) is 1. The zero-order chi connectivity index (χ0) is 18.4. The minimum atomic E-state index is -0.105. The van der Waals surface area contributed by atoms with Crippen molar-refractivity contribution in [2.45, 2.75) is 26.3 Å². The van der Waals surface area contributed by atoms with Gasteiger partial charge < -0.3 is 10.2 Å². The fourth-order valence-electron chi connectivity index (χ4n) is 3.44. The summed E-state index contributed by atoms with van der Waals surface area (Å²) in [6.07, 6.45) is 1.09. The van der Waals surface area contributed by atoms with Crippen LogP contribution < -0.4 is 5.32 Å². The minimum absolute atomic E-state index is 0.0772. The lowest BCUT2D eigenvalue weighted by atomic mass is 10.1. The molecule has 138 valence electrons. The number of hydrogen-bond acceptors (Lipinski definition) is 3. The second-order valence-corrected chi connectivity index (χ2v) is 7.15. The lowest BCUT2D eigenvalue weighted by Crippen LogP contribution is -2.53. The molecular formula is C22H29N3O. The molecule has 1 amide bonds. The molecule has 0 radical (unpaired) electrons. The molecule has 4 heteroatoms. The summed E-state index contributed by atoms with van der Waals surface area (Å²) in [7, 11) is 0. The largest absolute Gasteiger partial charge is 0.325 e. The lowest BCUT2D eigenvalue weighted by molar-refractivity contribution is -0.121. The van der Waals surface area contributed by atoms with Gasteiger partial charge in [-0.3, -0.25) is 9.69 Å². The molecule has 1 fully saturated rings. The van der Waals surface area contributed by atoms with Gasteiger partial charge in [-0.05, 0) is 43.5 Å². The Hall–Kier alpha value is -2.17. The van der Waals surface area contributed by atoms with Gasteiger partial charge in [-0.15, -0.1) is 0 Å². The van der Waals surface area contributed by atoms with Gasteiger partial charge in [-0.2, -0.15) is 0 Å². The highest BCUT2D eigenvalue weighted by Gasteiger charge is 2.25. The minimum Gasteiger partial charge on any atom is -0.325 e. The SMILES string of the molecule is Cc1cccc(NC(=O)C(C)N2CCN(CCc3ccccc3)CC2)c1. The van der Waals surface area contributed by atoms with Gasteiger partial charge in [-0.25, -0.2) is 0 Å². The maximum atomic E-state index is 12.5. The Morgan fingerprint density at radius 1 is 1.04 bits per heavy atom. The van der Waals surface area contributed by atoms with E-state index in [1.807, 2.05) is 38.1 Å². The highest BCUT2D eigenvalue weighted by molar-refractivity contribution is 5.94. The van der Waals surface area contributed by atoms with E-state index in [2.05, 4.69) is 45.4 Å². The van der Waals surface area contributed by atoms with Crippen LogP contribution in [0.1, 0.15) is 18.1 Å². The summed E-state index contributed by atoms with van der Waals surface area (Å²) in [6.45, 7) is 9.05. The summed E-state index contributed by atoms with van der Waals surface area (Å²) < 4.78 is 0. The second-order valence-electron chi connectivity index (χ2n) is 7.15. The van der Waals surface area contributed by atoms with E-state index in [0.717, 1.165) is 50.4 Å². The van der Waals surface area contributed by atoms with Gasteiger partial charge >= 0.3 is 0 Å². The van der Waals surface area contributed by atoms with Crippen molar-refractivity contribution in [2.75, 3.05) is 38.0 Å². The number of carbonyl (C=O) groups is 1. The molecular weight excluding hydrogens is 322 g/mol. The number of nitrogens with zero attached hydrogens (tertiary/aromatic N) is 2. The molecule has 1 aliphatic rings. The first-order chi connectivity index (χ1) is 12.6. The summed E-state index contributed by atoms with van der Waals surface area (Å²) in [5, 5.41) is 3.04. The molecule has 1 aliphatic heterocycles. The normalized spacial score (nSPS) is 17.0. The zero-order valence-corrected chi connectivity index (χ0v) is 15.8. The van der Waals surface area contributed by atoms with Crippen molar-refractivity contribution in [2.24, 2.45) is 0 Å². The number of carbonyl (C=O) groups excluding carboxylic acids is 1. The second kappa shape index (κ2) is 8.97. The van der Waals surface area contributed by atoms with Crippen LogP contribution in [0, 0.1) is 6.92 Å². The predicted octanol–water partition coefficient (Wildman–Crippen LogP) is 3.18. The fourth-order valence-corrected chi connectivity index (χ4v) is 3.44. The van der Waals surface area contributed by atoms with Gasteiger partial charge in [0.05, 0.1) is 6.04 Å². The van der Waals surface area contributed by atoms with Crippen LogP contribution in [0.3, 0.4) is 0 Å². The van der Waals surface area contributed by atoms with Crippen molar-refractivity contribution in [3.8, 4) is 0 Å². The van der Waals surface area contributed by atoms with Crippen molar-refractivity contribution in [1.82, 2.24) is 9.80 Å². The molecule has 3 rings (SSSR count). The van der Waals surface area contributed by atoms with E-state index in [1.54, 1.807) is 0 Å². The first-order valence-corrected chi connectivity index (χ1v) is 9.50. The number of nitrogens with one attached hydrogen (secondary N) is 1. The molecule has 1 atom stereocenters. The third kappa shape index (κ3) is 5.16. The van der Waals surface area contributed by atoms with E-state index in [9.17, 15) is 4.79 Å². The van der Waals surface area contributed by atoms with E-state index >= 15 is 0 Å². The first-order valence-electron chi connectivity index (χ1n) is 9.50. The van der Waals surface area contributed by atoms with Gasteiger partial charge in [0, 0.05) is 38.4 Å². The molecule has 1 saturated heterocycles. The molecule has 26 heavy (non-hydrogen) atoms. The topological polar surface area (TPSA) is 35.6 Å². The van der Waals surface area contributed by atoms with Gasteiger partial charge in [0.2, 0.25) is 5.91 Å². The van der Waals surface area contributed by atoms with Crippen molar-refractivity contribution >= 4 is 11.6 Å². The molecule has 2 aromatic carbocycles. The number of piperazine rings is 1. The van der Waals surface area contributed by atoms with Crippen LogP contribution in [0.5, 0.6) is 0 Å². The fraction of sp³-hybridized carbons (Fsp3) is 0.409. The Balaban J connectivity index is 1.44. The van der Waals surface area contributed by atoms with Crippen LogP contribution in [-0.2, 0) is 11.2 Å². The zero-order valence-electron chi connectivity index (χ0n) is 15.8. The molecule has 4 nitrogen and oxygen atoms in total. The molecule has 0 saturated carbocycles. The van der Waals surface area contributed by atoms with Crippen LogP contribution in [0.25, 0.3) is 0 Å². The number of aryl methyl sites for hydroxylation is 1. The summed E-state index contributed by atoms with van der Waals surface area (Å²) in [5.41, 5.74) is 3.42. The molecule has 0 aliphatic carbocycles. The predicted molar refractivity (Wildman–Crippen MR) is 107 cm³/mol. The number of benzene rings is 2. The van der Waals surface area contributed by atoms with E-state index in [-0.39, 0.29) is 11.9 Å². The average Bonchev–Trinajstić information content (AvgIpc) is 2.67. The monoisotopic (exact) mass is 351 g/mol. The van der Waals surface area contributed by atoms with Crippen molar-refractivity contribution in [3.63, 3.8) is 0 Å². The maximum absolute atomic E-state index is 12.5. The van der Waals surface area contributed by atoms with Gasteiger partial charge in [0.1, 0.15) is 0 Å². The standard InChI is InChI=1S/C22H29N3O/c1-18-7-6-10-21(17-18)23-22(26)19(2)25-15-13-24(14-16-25)12-11-20-8-4-3-5-9-20/h3-10,17,19H,11-16H2,1-2H3,(H,23,26). The number of amides is 1. The quantitative estimate of drug-likeness (QED) is 0.868. The number of rotatable bonds is 6. The lowest BCUT2D eigenvalue weighted by Gasteiger charge is -2.37. The van der Waals surface area contributed by atoms with Gasteiger partial charge in [0.25, 0.3) is 0 Å². The van der Waals surface area contributed by atoms with Crippen LogP contribution in [0.2, 0.25) is 0 Å². The summed E-state index contributed by atoms with van der Waals surface area (Å²) >= 11 is 0. The van der Waals surface area contributed by atoms with Crippen LogP contribution in [-0.4, -0.2) is 54.5 Å². The van der Waals surface area contributed by atoms with Crippen molar-refractivity contribution in [1.29, 1.82) is 0 Å². The molecule has 1 heterocycles. The maximum Gasteiger partial charge on any atom is 0.241 e. The third-order valence-electron chi connectivity index (χ3n) is 5.18. The Kier molecular flexibility index (Phi) is 6.42. The Labute approximate surface area is 156 Å². The number of anilines is 1. The Morgan fingerprint density at radius 3 is 2.46 bits per heavy atom. The summed E-state index contributed by atoms with van der Waals surface area (Å²) in [4.78, 5) is 17.3. The van der Waals surface area contributed by atoms with E-state index < -0.39 is 0 Å². The molecule has 1 N–H and O–H groups in total. The van der Waals surface area contributed by atoms with Crippen LogP contribution in [0.15, 0.2) is 54.6 Å². The molecule has 0 bridgehead atoms. The highest BCUT2D eigenvalue weighted by Crippen LogP contribution is 2.13. The molecule has 2 aromatic rings. The van der Waals surface area contributed by atoms with E-state index in [4.69, 9.17) is 0 Å². The van der Waals surface area contributed by atoms with Crippen molar-refractivity contribution in [3.05, 3.63) is 65.7 Å². The van der Waals surface area contributed by atoms with E-state index in [0.29, 0.717) is 0 Å². The van der Waals surface area contributed by atoms with Crippen LogP contribution >= 0.6 is 0 Å². The smallest absolute Gasteiger partial charge is 0.241 e. The highest BCUT2D eigenvalue weighted by atomic mass is 16.2. The molecule has 0 spiro atoms. The third-order valence-corrected chi connectivity index (χ3v) is 5.18. The Morgan fingerprint density at radius 2 is 1.77 bits per heavy atom. The average molecular weight is 351 g/mol. The van der Waals surface area contributed by atoms with Gasteiger partial charge in [-0.1, -0.05) is 42.5 Å². The molecule has 1 unspecified atom stereocenters. The Bertz CT molecular complexity index is 708. The van der Waals surface area contributed by atoms with Crippen molar-refractivity contribution < 1.29 is 4.79 Å². The molecule has 0 aromatic heterocycles.